The summed E-state index contributed by atoms with van der Waals surface area (Å²) in [5.74, 6) is 0.0449. The Kier molecular flexibility index (Phi) is 8.31. The molecule has 1 aliphatic heterocycles. The van der Waals surface area contributed by atoms with Gasteiger partial charge in [0.25, 0.3) is 0 Å². The molecule has 0 atom stereocenters. The predicted octanol–water partition coefficient (Wildman–Crippen LogP) is -3.10. The fourth-order valence-electron chi connectivity index (χ4n) is 1.81. The molecule has 1 aliphatic rings. The summed E-state index contributed by atoms with van der Waals surface area (Å²) in [5.41, 5.74) is 0. The van der Waals surface area contributed by atoms with Gasteiger partial charge in [-0.15, -0.1) is 11.6 Å². The molecular formula is C11H20Cl2N3O2-. The van der Waals surface area contributed by atoms with Crippen LogP contribution in [0.25, 0.3) is 0 Å². The first-order valence-corrected chi connectivity index (χ1v) is 6.42. The number of rotatable bonds is 4. The maximum absolute atomic E-state index is 11.5. The van der Waals surface area contributed by atoms with E-state index in [4.69, 9.17) is 11.6 Å². The highest BCUT2D eigenvalue weighted by Gasteiger charge is 2.21. The monoisotopic (exact) mass is 296 g/mol. The van der Waals surface area contributed by atoms with E-state index in [0.717, 1.165) is 13.1 Å². The minimum Gasteiger partial charge on any atom is -1.00 e. The van der Waals surface area contributed by atoms with E-state index in [2.05, 4.69) is 10.2 Å². The molecule has 0 bridgehead atoms. The zero-order valence-corrected chi connectivity index (χ0v) is 12.3. The molecule has 18 heavy (non-hydrogen) atoms. The maximum Gasteiger partial charge on any atom is 0.237 e. The van der Waals surface area contributed by atoms with Gasteiger partial charge in [-0.25, -0.2) is 0 Å². The minimum atomic E-state index is -0.0297. The molecule has 0 aliphatic carbocycles. The van der Waals surface area contributed by atoms with E-state index >= 15 is 0 Å². The lowest BCUT2D eigenvalue weighted by Gasteiger charge is -2.34. The first-order chi connectivity index (χ1) is 8.02. The van der Waals surface area contributed by atoms with Crippen molar-refractivity contribution in [1.29, 1.82) is 0 Å². The third-order valence-electron chi connectivity index (χ3n) is 2.66. The average molecular weight is 297 g/mol. The highest BCUT2D eigenvalue weighted by atomic mass is 35.5. The molecule has 0 aromatic heterocycles. The average Bonchev–Trinajstić information content (AvgIpc) is 2.28. The molecule has 5 nitrogen and oxygen atoms in total. The van der Waals surface area contributed by atoms with Crippen LogP contribution in [-0.4, -0.2) is 66.3 Å². The quantitative estimate of drug-likeness (QED) is 0.559. The van der Waals surface area contributed by atoms with Gasteiger partial charge in [0.05, 0.1) is 6.54 Å². The zero-order valence-electron chi connectivity index (χ0n) is 10.8. The van der Waals surface area contributed by atoms with Gasteiger partial charge in [-0.2, -0.15) is 0 Å². The van der Waals surface area contributed by atoms with Crippen molar-refractivity contribution in [2.24, 2.45) is 0 Å². The van der Waals surface area contributed by atoms with Crippen molar-refractivity contribution in [1.82, 2.24) is 15.1 Å². The molecule has 106 valence electrons. The summed E-state index contributed by atoms with van der Waals surface area (Å²) in [4.78, 5) is 26.7. The minimum absolute atomic E-state index is 0. The SMILES string of the molecule is CC(C)NC(=O)CN1CCN(C(=O)CCl)CC1.[Cl-]. The van der Waals surface area contributed by atoms with Gasteiger partial charge in [0.15, 0.2) is 0 Å². The molecule has 0 spiro atoms. The van der Waals surface area contributed by atoms with Gasteiger partial charge in [0.2, 0.25) is 11.8 Å². The van der Waals surface area contributed by atoms with Crippen molar-refractivity contribution in [2.45, 2.75) is 19.9 Å². The third-order valence-corrected chi connectivity index (χ3v) is 2.88. The fraction of sp³-hybridized carbons (Fsp3) is 0.818. The van der Waals surface area contributed by atoms with Crippen LogP contribution in [-0.2, 0) is 9.59 Å². The van der Waals surface area contributed by atoms with E-state index in [1.54, 1.807) is 4.90 Å². The fourth-order valence-corrected chi connectivity index (χ4v) is 1.98. The van der Waals surface area contributed by atoms with E-state index in [1.165, 1.54) is 0 Å². The molecular weight excluding hydrogens is 277 g/mol. The van der Waals surface area contributed by atoms with Crippen molar-refractivity contribution in [2.75, 3.05) is 38.6 Å². The van der Waals surface area contributed by atoms with Crippen molar-refractivity contribution in [3.05, 3.63) is 0 Å². The lowest BCUT2D eigenvalue weighted by molar-refractivity contribution is -0.130. The normalized spacial score (nSPS) is 16.3. The van der Waals surface area contributed by atoms with Crippen LogP contribution in [0.15, 0.2) is 0 Å². The molecule has 1 N–H and O–H groups in total. The van der Waals surface area contributed by atoms with Crippen molar-refractivity contribution in [3.63, 3.8) is 0 Å². The number of alkyl halides is 1. The molecule has 2 amide bonds. The number of hydrogen-bond acceptors (Lipinski definition) is 3. The Morgan fingerprint density at radius 2 is 1.78 bits per heavy atom. The summed E-state index contributed by atoms with van der Waals surface area (Å²) in [6, 6.07) is 0.168. The van der Waals surface area contributed by atoms with Crippen LogP contribution in [0, 0.1) is 0 Å². The van der Waals surface area contributed by atoms with E-state index in [0.29, 0.717) is 19.6 Å². The highest BCUT2D eigenvalue weighted by Crippen LogP contribution is 2.02. The van der Waals surface area contributed by atoms with Gasteiger partial charge in [0, 0.05) is 32.2 Å². The van der Waals surface area contributed by atoms with Crippen LogP contribution in [0.5, 0.6) is 0 Å². The molecule has 1 rings (SSSR count). The summed E-state index contributed by atoms with van der Waals surface area (Å²) in [6.07, 6.45) is 0. The van der Waals surface area contributed by atoms with Crippen molar-refractivity contribution >= 4 is 23.4 Å². The van der Waals surface area contributed by atoms with Gasteiger partial charge in [-0.1, -0.05) is 0 Å². The summed E-state index contributed by atoms with van der Waals surface area (Å²) in [6.45, 7) is 7.05. The molecule has 0 saturated carbocycles. The zero-order chi connectivity index (χ0) is 12.8. The van der Waals surface area contributed by atoms with E-state index in [9.17, 15) is 9.59 Å². The smallest absolute Gasteiger partial charge is 0.237 e. The summed E-state index contributed by atoms with van der Waals surface area (Å²) in [7, 11) is 0. The number of hydrogen-bond donors (Lipinski definition) is 1. The number of amides is 2. The maximum atomic E-state index is 11.5. The van der Waals surface area contributed by atoms with Gasteiger partial charge >= 0.3 is 0 Å². The number of carbonyl (C=O) groups is 2. The van der Waals surface area contributed by atoms with Crippen molar-refractivity contribution in [3.8, 4) is 0 Å². The highest BCUT2D eigenvalue weighted by molar-refractivity contribution is 6.27. The van der Waals surface area contributed by atoms with Gasteiger partial charge in [-0.05, 0) is 13.8 Å². The molecule has 1 fully saturated rings. The molecule has 1 heterocycles. The lowest BCUT2D eigenvalue weighted by atomic mass is 10.3. The predicted molar refractivity (Wildman–Crippen MR) is 67.0 cm³/mol. The van der Waals surface area contributed by atoms with E-state index in [1.807, 2.05) is 13.8 Å². The van der Waals surface area contributed by atoms with Crippen LogP contribution in [0.4, 0.5) is 0 Å². The topological polar surface area (TPSA) is 52.7 Å². The lowest BCUT2D eigenvalue weighted by Crippen LogP contribution is -3.00. The third kappa shape index (κ3) is 5.89. The van der Waals surface area contributed by atoms with Gasteiger partial charge in [0.1, 0.15) is 5.88 Å². The van der Waals surface area contributed by atoms with Crippen LogP contribution in [0.1, 0.15) is 13.8 Å². The first kappa shape index (κ1) is 17.5. The molecule has 0 unspecified atom stereocenters. The van der Waals surface area contributed by atoms with Crippen LogP contribution in [0.3, 0.4) is 0 Å². The van der Waals surface area contributed by atoms with Crippen LogP contribution in [0.2, 0.25) is 0 Å². The Hall–Kier alpha value is -0.520. The number of nitrogens with zero attached hydrogens (tertiary/aromatic N) is 2. The molecule has 7 heteroatoms. The molecule has 0 aromatic rings. The molecule has 0 aromatic carbocycles. The van der Waals surface area contributed by atoms with E-state index < -0.39 is 0 Å². The Labute approximate surface area is 119 Å². The Morgan fingerprint density at radius 1 is 1.22 bits per heavy atom. The second-order valence-corrected chi connectivity index (χ2v) is 4.78. The molecule has 0 radical (unpaired) electrons. The Morgan fingerprint density at radius 3 is 2.22 bits per heavy atom. The largest absolute Gasteiger partial charge is 1.00 e. The summed E-state index contributed by atoms with van der Waals surface area (Å²) in [5, 5.41) is 2.85. The van der Waals surface area contributed by atoms with Crippen molar-refractivity contribution < 1.29 is 22.0 Å². The van der Waals surface area contributed by atoms with Crippen LogP contribution < -0.4 is 17.7 Å². The standard InChI is InChI=1S/C11H20ClN3O2.ClH/c1-9(2)13-10(16)8-14-3-5-15(6-4-14)11(17)7-12;/h9H,3-8H2,1-2H3,(H,13,16);1H/p-1. The van der Waals surface area contributed by atoms with E-state index in [-0.39, 0.29) is 36.1 Å². The van der Waals surface area contributed by atoms with Gasteiger partial charge in [-0.3, -0.25) is 14.5 Å². The van der Waals surface area contributed by atoms with Gasteiger partial charge < -0.3 is 22.6 Å². The Bertz CT molecular complexity index is 279. The summed E-state index contributed by atoms with van der Waals surface area (Å²) >= 11 is 5.49. The number of halogens is 2. The number of carbonyl (C=O) groups excluding carboxylic acids is 2. The summed E-state index contributed by atoms with van der Waals surface area (Å²) < 4.78 is 0. The second-order valence-electron chi connectivity index (χ2n) is 4.51. The number of nitrogens with one attached hydrogen (secondary N) is 1. The second kappa shape index (κ2) is 8.56. The Balaban J connectivity index is 0.00000289. The first-order valence-electron chi connectivity index (χ1n) is 5.88. The number of piperazine rings is 1. The molecule has 1 saturated heterocycles. The van der Waals surface area contributed by atoms with Crippen LogP contribution >= 0.6 is 11.6 Å².